The van der Waals surface area contributed by atoms with Gasteiger partial charge in [-0.25, -0.2) is 13.1 Å². The Balaban J connectivity index is 2.97. The summed E-state index contributed by atoms with van der Waals surface area (Å²) in [5.74, 6) is 5.23. The minimum Gasteiger partial charge on any atom is -0.384 e. The molecule has 0 aliphatic heterocycles. The van der Waals surface area contributed by atoms with Crippen LogP contribution in [0.2, 0.25) is 0 Å². The SMILES string of the molecule is CCC(C)(C)NS(=O)(=O)c1ccc(C#CCO)cc1. The van der Waals surface area contributed by atoms with Gasteiger partial charge in [0, 0.05) is 11.1 Å². The van der Waals surface area contributed by atoms with Gasteiger partial charge in [0.15, 0.2) is 0 Å². The van der Waals surface area contributed by atoms with E-state index in [-0.39, 0.29) is 11.5 Å². The van der Waals surface area contributed by atoms with E-state index in [2.05, 4.69) is 16.6 Å². The molecular weight excluding hydrogens is 262 g/mol. The molecule has 0 heterocycles. The number of aliphatic hydroxyl groups excluding tert-OH is 1. The molecular formula is C14H19NO3S. The molecule has 1 rings (SSSR count). The maximum atomic E-state index is 12.1. The van der Waals surface area contributed by atoms with Crippen LogP contribution in [0.1, 0.15) is 32.8 Å². The first-order valence-corrected chi connectivity index (χ1v) is 7.53. The van der Waals surface area contributed by atoms with E-state index in [1.807, 2.05) is 20.8 Å². The summed E-state index contributed by atoms with van der Waals surface area (Å²) in [6.07, 6.45) is 0.701. The first-order valence-electron chi connectivity index (χ1n) is 6.04. The van der Waals surface area contributed by atoms with Crippen molar-refractivity contribution in [3.05, 3.63) is 29.8 Å². The van der Waals surface area contributed by atoms with E-state index >= 15 is 0 Å². The zero-order valence-corrected chi connectivity index (χ0v) is 12.2. The summed E-state index contributed by atoms with van der Waals surface area (Å²) in [5.41, 5.74) is 0.191. The number of sulfonamides is 1. The molecule has 0 aliphatic rings. The summed E-state index contributed by atoms with van der Waals surface area (Å²) >= 11 is 0. The van der Waals surface area contributed by atoms with Gasteiger partial charge in [-0.1, -0.05) is 18.8 Å². The van der Waals surface area contributed by atoms with Crippen LogP contribution >= 0.6 is 0 Å². The highest BCUT2D eigenvalue weighted by molar-refractivity contribution is 7.89. The van der Waals surface area contributed by atoms with Crippen LogP contribution < -0.4 is 4.72 Å². The minimum atomic E-state index is -3.51. The minimum absolute atomic E-state index is 0.212. The molecule has 0 spiro atoms. The molecule has 5 heteroatoms. The third-order valence-corrected chi connectivity index (χ3v) is 4.49. The summed E-state index contributed by atoms with van der Waals surface area (Å²) in [6, 6.07) is 6.26. The summed E-state index contributed by atoms with van der Waals surface area (Å²) in [5, 5.41) is 8.59. The van der Waals surface area contributed by atoms with Gasteiger partial charge in [0.1, 0.15) is 6.61 Å². The van der Waals surface area contributed by atoms with Crippen LogP contribution in [0.3, 0.4) is 0 Å². The van der Waals surface area contributed by atoms with Crippen molar-refractivity contribution < 1.29 is 13.5 Å². The molecule has 0 saturated carbocycles. The summed E-state index contributed by atoms with van der Waals surface area (Å²) in [6.45, 7) is 5.39. The molecule has 0 atom stereocenters. The zero-order valence-electron chi connectivity index (χ0n) is 11.4. The number of benzene rings is 1. The fourth-order valence-electron chi connectivity index (χ4n) is 1.35. The molecule has 19 heavy (non-hydrogen) atoms. The van der Waals surface area contributed by atoms with E-state index in [1.165, 1.54) is 12.1 Å². The Bertz CT molecular complexity index is 577. The Kier molecular flexibility index (Phi) is 5.12. The maximum Gasteiger partial charge on any atom is 0.241 e. The molecule has 0 radical (unpaired) electrons. The third kappa shape index (κ3) is 4.67. The van der Waals surface area contributed by atoms with Crippen molar-refractivity contribution in [2.24, 2.45) is 0 Å². The molecule has 104 valence electrons. The van der Waals surface area contributed by atoms with Gasteiger partial charge in [-0.2, -0.15) is 0 Å². The van der Waals surface area contributed by atoms with Crippen LogP contribution in [0.25, 0.3) is 0 Å². The highest BCUT2D eigenvalue weighted by Gasteiger charge is 2.24. The lowest BCUT2D eigenvalue weighted by molar-refractivity contribution is 0.350. The standard InChI is InChI=1S/C14H19NO3S/c1-4-14(2,3)15-19(17,18)13-9-7-12(8-10-13)6-5-11-16/h7-10,15-16H,4,11H2,1-3H3. The average Bonchev–Trinajstić information content (AvgIpc) is 2.35. The number of hydrogen-bond donors (Lipinski definition) is 2. The molecule has 0 aliphatic carbocycles. The quantitative estimate of drug-likeness (QED) is 0.822. The highest BCUT2D eigenvalue weighted by Crippen LogP contribution is 2.15. The van der Waals surface area contributed by atoms with Gasteiger partial charge in [0.05, 0.1) is 4.90 Å². The van der Waals surface area contributed by atoms with Gasteiger partial charge in [-0.05, 0) is 44.5 Å². The van der Waals surface area contributed by atoms with Gasteiger partial charge >= 0.3 is 0 Å². The predicted molar refractivity (Wildman–Crippen MR) is 75.1 cm³/mol. The Morgan fingerprint density at radius 3 is 2.32 bits per heavy atom. The first kappa shape index (κ1) is 15.7. The van der Waals surface area contributed by atoms with E-state index in [0.29, 0.717) is 12.0 Å². The summed E-state index contributed by atoms with van der Waals surface area (Å²) < 4.78 is 26.9. The molecule has 2 N–H and O–H groups in total. The second-order valence-corrected chi connectivity index (χ2v) is 6.51. The van der Waals surface area contributed by atoms with E-state index in [9.17, 15) is 8.42 Å². The normalized spacial score (nSPS) is 11.8. The van der Waals surface area contributed by atoms with Crippen LogP contribution in [0.15, 0.2) is 29.2 Å². The van der Waals surface area contributed by atoms with Crippen molar-refractivity contribution in [3.63, 3.8) is 0 Å². The number of rotatable bonds is 4. The second kappa shape index (κ2) is 6.20. The van der Waals surface area contributed by atoms with E-state index < -0.39 is 15.6 Å². The molecule has 0 aromatic heterocycles. The van der Waals surface area contributed by atoms with E-state index in [0.717, 1.165) is 0 Å². The highest BCUT2D eigenvalue weighted by atomic mass is 32.2. The molecule has 0 bridgehead atoms. The van der Waals surface area contributed by atoms with Crippen molar-refractivity contribution in [2.45, 2.75) is 37.6 Å². The van der Waals surface area contributed by atoms with Gasteiger partial charge in [0.2, 0.25) is 10.0 Å². The van der Waals surface area contributed by atoms with Crippen LogP contribution in [0.4, 0.5) is 0 Å². The average molecular weight is 281 g/mol. The molecule has 0 fully saturated rings. The van der Waals surface area contributed by atoms with Crippen LogP contribution in [0.5, 0.6) is 0 Å². The molecule has 0 unspecified atom stereocenters. The molecule has 0 saturated heterocycles. The van der Waals surface area contributed by atoms with Crippen molar-refractivity contribution in [1.29, 1.82) is 0 Å². The van der Waals surface area contributed by atoms with Crippen LogP contribution in [-0.4, -0.2) is 25.7 Å². The van der Waals surface area contributed by atoms with Gasteiger partial charge < -0.3 is 5.11 Å². The summed E-state index contributed by atoms with van der Waals surface area (Å²) in [4.78, 5) is 0.212. The lowest BCUT2D eigenvalue weighted by Crippen LogP contribution is -2.42. The predicted octanol–water partition coefficient (Wildman–Crippen LogP) is 1.50. The third-order valence-electron chi connectivity index (χ3n) is 2.77. The Labute approximate surface area is 114 Å². The lowest BCUT2D eigenvalue weighted by atomic mass is 10.0. The van der Waals surface area contributed by atoms with Crippen molar-refractivity contribution in [3.8, 4) is 11.8 Å². The van der Waals surface area contributed by atoms with Gasteiger partial charge in [-0.3, -0.25) is 0 Å². The van der Waals surface area contributed by atoms with Crippen molar-refractivity contribution >= 4 is 10.0 Å². The monoisotopic (exact) mass is 281 g/mol. The summed E-state index contributed by atoms with van der Waals surface area (Å²) in [7, 11) is -3.51. The molecule has 4 nitrogen and oxygen atoms in total. The van der Waals surface area contributed by atoms with Gasteiger partial charge in [0.25, 0.3) is 0 Å². The maximum absolute atomic E-state index is 12.1. The molecule has 1 aromatic rings. The van der Waals surface area contributed by atoms with Crippen LogP contribution in [0, 0.1) is 11.8 Å². The molecule has 0 amide bonds. The smallest absolute Gasteiger partial charge is 0.241 e. The largest absolute Gasteiger partial charge is 0.384 e. The second-order valence-electron chi connectivity index (χ2n) is 4.83. The fourth-order valence-corrected chi connectivity index (χ4v) is 2.84. The van der Waals surface area contributed by atoms with Gasteiger partial charge in [-0.15, -0.1) is 0 Å². The number of aliphatic hydroxyl groups is 1. The Morgan fingerprint density at radius 1 is 1.26 bits per heavy atom. The first-order chi connectivity index (χ1) is 8.80. The van der Waals surface area contributed by atoms with E-state index in [1.54, 1.807) is 12.1 Å². The number of nitrogens with one attached hydrogen (secondary N) is 1. The Morgan fingerprint density at radius 2 is 1.84 bits per heavy atom. The molecule has 1 aromatic carbocycles. The fraction of sp³-hybridized carbons (Fsp3) is 0.429. The number of hydrogen-bond acceptors (Lipinski definition) is 3. The Hall–Kier alpha value is -1.35. The van der Waals surface area contributed by atoms with Crippen LogP contribution in [-0.2, 0) is 10.0 Å². The van der Waals surface area contributed by atoms with Crippen molar-refractivity contribution in [1.82, 2.24) is 4.72 Å². The zero-order chi connectivity index (χ0) is 14.5. The topological polar surface area (TPSA) is 66.4 Å². The van der Waals surface area contributed by atoms with E-state index in [4.69, 9.17) is 5.11 Å². The van der Waals surface area contributed by atoms with Crippen molar-refractivity contribution in [2.75, 3.05) is 6.61 Å². The lowest BCUT2D eigenvalue weighted by Gasteiger charge is -2.24.